The van der Waals surface area contributed by atoms with Crippen LogP contribution in [0.3, 0.4) is 0 Å². The van der Waals surface area contributed by atoms with E-state index in [0.717, 1.165) is 102 Å². The van der Waals surface area contributed by atoms with Crippen LogP contribution in [0, 0.1) is 5.92 Å². The number of phosphoric ester groups is 2. The zero-order valence-electron chi connectivity index (χ0n) is 53.3. The number of ether oxygens (including phenoxy) is 4. The minimum Gasteiger partial charge on any atom is -0.462 e. The van der Waals surface area contributed by atoms with Crippen molar-refractivity contribution < 1.29 is 80.2 Å². The zero-order chi connectivity index (χ0) is 61.3. The summed E-state index contributed by atoms with van der Waals surface area (Å²) in [5.41, 5.74) is 0. The summed E-state index contributed by atoms with van der Waals surface area (Å²) in [5.74, 6) is -1.34. The van der Waals surface area contributed by atoms with Gasteiger partial charge in [-0.1, -0.05) is 272 Å². The number of rotatable bonds is 64. The van der Waals surface area contributed by atoms with Gasteiger partial charge in [-0.15, -0.1) is 0 Å². The predicted octanol–water partition coefficient (Wildman–Crippen LogP) is 17.8. The first-order chi connectivity index (χ1) is 40.0. The van der Waals surface area contributed by atoms with E-state index in [4.69, 9.17) is 37.0 Å². The van der Waals surface area contributed by atoms with Crippen LogP contribution in [0.15, 0.2) is 0 Å². The lowest BCUT2D eigenvalue weighted by Gasteiger charge is -2.21. The number of phosphoric acid groups is 2. The number of hydrogen-bond donors (Lipinski definition) is 3. The maximum Gasteiger partial charge on any atom is 0.472 e. The predicted molar refractivity (Wildman–Crippen MR) is 331 cm³/mol. The number of hydrogen-bond acceptors (Lipinski definition) is 15. The summed E-state index contributed by atoms with van der Waals surface area (Å²) < 4.78 is 67.9. The number of unbranched alkanes of at least 4 members (excludes halogenated alkanes) is 36. The smallest absolute Gasteiger partial charge is 0.462 e. The van der Waals surface area contributed by atoms with E-state index in [9.17, 15) is 43.2 Å². The van der Waals surface area contributed by atoms with Gasteiger partial charge in [0.05, 0.1) is 26.4 Å². The van der Waals surface area contributed by atoms with Crippen LogP contribution in [0.1, 0.15) is 324 Å². The highest BCUT2D eigenvalue weighted by Crippen LogP contribution is 2.45. The Morgan fingerprint density at radius 1 is 0.325 bits per heavy atom. The number of esters is 4. The van der Waals surface area contributed by atoms with Gasteiger partial charge in [-0.25, -0.2) is 9.13 Å². The van der Waals surface area contributed by atoms with Crippen molar-refractivity contribution in [1.29, 1.82) is 0 Å². The normalized spacial score (nSPS) is 14.2. The van der Waals surface area contributed by atoms with Crippen LogP contribution in [0.4, 0.5) is 0 Å². The number of aliphatic hydroxyl groups excluding tert-OH is 1. The molecule has 0 aromatic carbocycles. The summed E-state index contributed by atoms with van der Waals surface area (Å²) in [4.78, 5) is 72.0. The Kier molecular flexibility index (Phi) is 56.4. The monoisotopic (exact) mass is 1230 g/mol. The maximum atomic E-state index is 13.0. The molecule has 0 aliphatic heterocycles. The molecule has 0 bridgehead atoms. The molecule has 0 saturated heterocycles. The highest BCUT2D eigenvalue weighted by atomic mass is 31.2. The van der Waals surface area contributed by atoms with Crippen LogP contribution in [0.5, 0.6) is 0 Å². The Morgan fingerprint density at radius 2 is 0.554 bits per heavy atom. The molecule has 83 heavy (non-hydrogen) atoms. The standard InChI is InChI=1S/C64H124O17P2/c1-6-9-12-15-18-27-33-38-43-48-62(67)75-54-60(81-64(69)50-45-40-35-30-26-24-22-21-23-25-29-31-36-41-46-57(4)5)56-79-83(72,73)77-52-58(65)51-76-82(70,71)78-55-59(53-74-61(66)47-42-37-32-20-17-14-11-8-3)80-63(68)49-44-39-34-28-19-16-13-10-7-2/h57-60,65H,6-56H2,1-5H3,(H,70,71)(H,72,73)/t58-,59+,60+/m0/s1. The molecule has 17 nitrogen and oxygen atoms in total. The molecule has 0 rings (SSSR count). The van der Waals surface area contributed by atoms with Crippen molar-refractivity contribution in [2.75, 3.05) is 39.6 Å². The van der Waals surface area contributed by atoms with Gasteiger partial charge in [-0.2, -0.15) is 0 Å². The third kappa shape index (κ3) is 58.8. The van der Waals surface area contributed by atoms with E-state index in [1.165, 1.54) is 141 Å². The van der Waals surface area contributed by atoms with E-state index >= 15 is 0 Å². The van der Waals surface area contributed by atoms with Crippen molar-refractivity contribution in [2.45, 2.75) is 342 Å². The van der Waals surface area contributed by atoms with E-state index in [2.05, 4.69) is 34.6 Å². The Morgan fingerprint density at radius 3 is 0.819 bits per heavy atom. The molecule has 0 aromatic rings. The van der Waals surface area contributed by atoms with Gasteiger partial charge in [0.2, 0.25) is 0 Å². The first-order valence-electron chi connectivity index (χ1n) is 33.6. The van der Waals surface area contributed by atoms with Crippen LogP contribution in [0.25, 0.3) is 0 Å². The molecule has 19 heteroatoms. The van der Waals surface area contributed by atoms with Crippen molar-refractivity contribution in [3.63, 3.8) is 0 Å². The average molecular weight is 1230 g/mol. The van der Waals surface area contributed by atoms with Crippen LogP contribution in [-0.2, 0) is 65.4 Å². The molecule has 0 aromatic heterocycles. The average Bonchev–Trinajstić information content (AvgIpc) is 3.48. The van der Waals surface area contributed by atoms with Gasteiger partial charge in [0.1, 0.15) is 19.3 Å². The van der Waals surface area contributed by atoms with E-state index < -0.39 is 97.5 Å². The summed E-state index contributed by atoms with van der Waals surface area (Å²) in [6.45, 7) is 7.16. The molecule has 0 aliphatic rings. The summed E-state index contributed by atoms with van der Waals surface area (Å²) in [6, 6.07) is 0. The van der Waals surface area contributed by atoms with E-state index in [1.54, 1.807) is 0 Å². The van der Waals surface area contributed by atoms with Gasteiger partial charge in [0.15, 0.2) is 12.2 Å². The second kappa shape index (κ2) is 57.8. The van der Waals surface area contributed by atoms with E-state index in [-0.39, 0.29) is 25.7 Å². The largest absolute Gasteiger partial charge is 0.472 e. The minimum atomic E-state index is -4.94. The lowest BCUT2D eigenvalue weighted by molar-refractivity contribution is -0.161. The fraction of sp³-hybridized carbons (Fsp3) is 0.938. The molecule has 0 aliphatic carbocycles. The summed E-state index contributed by atoms with van der Waals surface area (Å²) >= 11 is 0. The molecule has 0 amide bonds. The molecular weight excluding hydrogens is 1100 g/mol. The van der Waals surface area contributed by atoms with Crippen molar-refractivity contribution in [2.24, 2.45) is 5.92 Å². The first-order valence-corrected chi connectivity index (χ1v) is 36.6. The highest BCUT2D eigenvalue weighted by Gasteiger charge is 2.30. The fourth-order valence-corrected chi connectivity index (χ4v) is 11.2. The quantitative estimate of drug-likeness (QED) is 0.0222. The van der Waals surface area contributed by atoms with Crippen molar-refractivity contribution in [1.82, 2.24) is 0 Å². The molecule has 0 fully saturated rings. The lowest BCUT2D eigenvalue weighted by Crippen LogP contribution is -2.30. The van der Waals surface area contributed by atoms with Gasteiger partial charge < -0.3 is 33.8 Å². The second-order valence-corrected chi connectivity index (χ2v) is 26.5. The number of carbonyl (C=O) groups excluding carboxylic acids is 4. The van der Waals surface area contributed by atoms with Crippen LogP contribution >= 0.6 is 15.6 Å². The third-order valence-corrected chi connectivity index (χ3v) is 16.7. The second-order valence-electron chi connectivity index (χ2n) is 23.6. The van der Waals surface area contributed by atoms with E-state index in [0.29, 0.717) is 25.7 Å². The van der Waals surface area contributed by atoms with Crippen molar-refractivity contribution in [3.8, 4) is 0 Å². The number of aliphatic hydroxyl groups is 1. The third-order valence-electron chi connectivity index (χ3n) is 14.8. The van der Waals surface area contributed by atoms with Crippen LogP contribution in [-0.4, -0.2) is 96.7 Å². The SMILES string of the molecule is CCCCCCCCCCCC(=O)OC[C@H](COP(=O)(O)OC[C@@H](O)COP(=O)(O)OC[C@@H](COC(=O)CCCCCCCCCC)OC(=O)CCCCCCCCCCC)OC(=O)CCCCCCCCCCCCCCCCC(C)C. The minimum absolute atomic E-state index is 0.106. The summed E-state index contributed by atoms with van der Waals surface area (Å²) in [6.07, 6.45) is 41.7. The molecule has 2 unspecified atom stereocenters. The number of carbonyl (C=O) groups is 4. The molecular formula is C64H124O17P2. The molecule has 0 spiro atoms. The van der Waals surface area contributed by atoms with Crippen LogP contribution in [0.2, 0.25) is 0 Å². The maximum absolute atomic E-state index is 13.0. The first kappa shape index (κ1) is 81.1. The van der Waals surface area contributed by atoms with Crippen molar-refractivity contribution in [3.05, 3.63) is 0 Å². The molecule has 5 atom stereocenters. The van der Waals surface area contributed by atoms with Gasteiger partial charge in [-0.05, 0) is 31.6 Å². The molecule has 0 radical (unpaired) electrons. The van der Waals surface area contributed by atoms with Gasteiger partial charge in [0.25, 0.3) is 0 Å². The molecule has 0 heterocycles. The summed E-state index contributed by atoms with van der Waals surface area (Å²) in [5, 5.41) is 10.5. The van der Waals surface area contributed by atoms with Gasteiger partial charge >= 0.3 is 39.5 Å². The topological polar surface area (TPSA) is 237 Å². The molecule has 3 N–H and O–H groups in total. The highest BCUT2D eigenvalue weighted by molar-refractivity contribution is 7.47. The van der Waals surface area contributed by atoms with Crippen molar-refractivity contribution >= 4 is 39.5 Å². The Hall–Kier alpha value is -1.94. The van der Waals surface area contributed by atoms with E-state index in [1.807, 2.05) is 0 Å². The van der Waals surface area contributed by atoms with Gasteiger partial charge in [0, 0.05) is 25.7 Å². The summed E-state index contributed by atoms with van der Waals surface area (Å²) in [7, 11) is -9.88. The Balaban J connectivity index is 5.17. The zero-order valence-corrected chi connectivity index (χ0v) is 55.1. The lowest BCUT2D eigenvalue weighted by atomic mass is 10.0. The van der Waals surface area contributed by atoms with Gasteiger partial charge in [-0.3, -0.25) is 37.3 Å². The molecule has 0 saturated carbocycles. The Bertz CT molecular complexity index is 1620. The fourth-order valence-electron chi connectivity index (χ4n) is 9.58. The Labute approximate surface area is 505 Å². The molecule has 492 valence electrons. The van der Waals surface area contributed by atoms with Crippen LogP contribution < -0.4 is 0 Å².